The second kappa shape index (κ2) is 2.57. The van der Waals surface area contributed by atoms with Gasteiger partial charge in [0.05, 0.1) is 12.8 Å². The molecule has 0 amide bonds. The molecule has 0 N–H and O–H groups in total. The Morgan fingerprint density at radius 3 is 2.47 bits per heavy atom. The lowest BCUT2D eigenvalue weighted by molar-refractivity contribution is -0.0752. The number of hydrogen-bond donors (Lipinski definition) is 0. The molecule has 3 aliphatic carbocycles. The van der Waals surface area contributed by atoms with Gasteiger partial charge in [-0.15, -0.1) is 0 Å². The fourth-order valence-corrected chi connectivity index (χ4v) is 5.67. The highest BCUT2D eigenvalue weighted by molar-refractivity contribution is 5.28. The number of rotatable bonds is 0. The summed E-state index contributed by atoms with van der Waals surface area (Å²) < 4.78 is 0. The van der Waals surface area contributed by atoms with Gasteiger partial charge in [-0.1, -0.05) is 13.8 Å². The Morgan fingerprint density at radius 1 is 1.07 bits per heavy atom. The first-order valence-corrected chi connectivity index (χ1v) is 6.77. The normalized spacial score (nSPS) is 52.0. The maximum Gasteiger partial charge on any atom is 0.114 e. The van der Waals surface area contributed by atoms with Crippen molar-refractivity contribution in [1.29, 1.82) is 0 Å². The molecule has 0 aromatic rings. The Labute approximate surface area is 94.8 Å². The first-order chi connectivity index (χ1) is 6.93. The van der Waals surface area contributed by atoms with Crippen LogP contribution in [-0.4, -0.2) is 0 Å². The molecule has 3 atom stereocenters. The highest BCUT2D eigenvalue weighted by Gasteiger charge is 2.75. The van der Waals surface area contributed by atoms with Crippen LogP contribution in [0.3, 0.4) is 0 Å². The Bertz CT molecular complexity index is 290. The first kappa shape index (κ1) is 10.1. The van der Waals surface area contributed by atoms with Crippen LogP contribution in [0.15, 0.2) is 0 Å². The minimum Gasteiger partial charge on any atom is -0.0592 e. The molecule has 0 heteroatoms. The average Bonchev–Trinajstić information content (AvgIpc) is 2.66. The van der Waals surface area contributed by atoms with Gasteiger partial charge in [-0.25, -0.2) is 0 Å². The van der Waals surface area contributed by atoms with Crippen LogP contribution in [0.5, 0.6) is 0 Å². The van der Waals surface area contributed by atoms with Crippen molar-refractivity contribution < 1.29 is 0 Å². The van der Waals surface area contributed by atoms with Crippen LogP contribution in [0.2, 0.25) is 0 Å². The van der Waals surface area contributed by atoms with E-state index in [1.807, 2.05) is 5.92 Å². The Hall–Kier alpha value is -0.130. The maximum atomic E-state index is 2.59. The van der Waals surface area contributed by atoms with Crippen LogP contribution in [-0.2, 0) is 0 Å². The van der Waals surface area contributed by atoms with Crippen molar-refractivity contribution in [1.82, 2.24) is 0 Å². The standard InChI is InChI=1S/C15H25/c1-11-12-6-9-15(10-12)13(2,3)7-5-8-14(11,15)4/h12H,5-10H2,1-4H3/q+1. The third kappa shape index (κ3) is 0.890. The fraction of sp³-hybridized carbons (Fsp3) is 0.933. The van der Waals surface area contributed by atoms with Gasteiger partial charge in [0.2, 0.25) is 0 Å². The molecule has 3 aliphatic rings. The van der Waals surface area contributed by atoms with E-state index in [2.05, 4.69) is 27.7 Å². The van der Waals surface area contributed by atoms with E-state index in [1.165, 1.54) is 38.5 Å². The lowest BCUT2D eigenvalue weighted by atomic mass is 9.45. The minimum atomic E-state index is 0.590. The number of fused-ring (bicyclic) bond motifs is 1. The van der Waals surface area contributed by atoms with Crippen LogP contribution in [0.4, 0.5) is 0 Å². The molecule has 3 saturated carbocycles. The summed E-state index contributed by atoms with van der Waals surface area (Å²) in [5.41, 5.74) is 1.86. The summed E-state index contributed by atoms with van der Waals surface area (Å²) >= 11 is 0. The van der Waals surface area contributed by atoms with Crippen LogP contribution in [0.1, 0.15) is 66.2 Å². The summed E-state index contributed by atoms with van der Waals surface area (Å²) in [5.74, 6) is 2.84. The van der Waals surface area contributed by atoms with E-state index >= 15 is 0 Å². The van der Waals surface area contributed by atoms with Crippen LogP contribution < -0.4 is 0 Å². The predicted octanol–water partition coefficient (Wildman–Crippen LogP) is 4.60. The lowest BCUT2D eigenvalue weighted by Crippen LogP contribution is -2.51. The van der Waals surface area contributed by atoms with Crippen molar-refractivity contribution in [2.45, 2.75) is 66.2 Å². The van der Waals surface area contributed by atoms with Crippen LogP contribution in [0, 0.1) is 28.1 Å². The van der Waals surface area contributed by atoms with E-state index in [9.17, 15) is 0 Å². The molecule has 0 aromatic carbocycles. The zero-order valence-electron chi connectivity index (χ0n) is 10.8. The molecule has 0 radical (unpaired) electrons. The third-order valence-electron chi connectivity index (χ3n) is 6.83. The van der Waals surface area contributed by atoms with Gasteiger partial charge >= 0.3 is 0 Å². The van der Waals surface area contributed by atoms with Crippen molar-refractivity contribution in [2.24, 2.45) is 22.2 Å². The van der Waals surface area contributed by atoms with Crippen molar-refractivity contribution in [3.8, 4) is 0 Å². The molecule has 1 spiro atoms. The van der Waals surface area contributed by atoms with E-state index in [0.29, 0.717) is 16.2 Å². The molecule has 0 saturated heterocycles. The smallest absolute Gasteiger partial charge is 0.0592 e. The van der Waals surface area contributed by atoms with Crippen LogP contribution >= 0.6 is 0 Å². The van der Waals surface area contributed by atoms with Crippen molar-refractivity contribution >= 4 is 0 Å². The van der Waals surface area contributed by atoms with Gasteiger partial charge in [0.15, 0.2) is 0 Å². The van der Waals surface area contributed by atoms with Gasteiger partial charge in [-0.2, -0.15) is 0 Å². The third-order valence-corrected chi connectivity index (χ3v) is 6.83. The zero-order chi connectivity index (χ0) is 10.9. The molecule has 84 valence electrons. The summed E-state index contributed by atoms with van der Waals surface area (Å²) in [6.07, 6.45) is 8.91. The van der Waals surface area contributed by atoms with Crippen molar-refractivity contribution in [3.05, 3.63) is 5.92 Å². The molecule has 3 unspecified atom stereocenters. The molecule has 0 heterocycles. The SMILES string of the molecule is C[C+]1C2CCC3(C2)C(C)(C)CCCC13C. The van der Waals surface area contributed by atoms with Crippen LogP contribution in [0.25, 0.3) is 0 Å². The summed E-state index contributed by atoms with van der Waals surface area (Å²) in [6.45, 7) is 10.1. The maximum absolute atomic E-state index is 2.59. The molecule has 0 aliphatic heterocycles. The Kier molecular flexibility index (Phi) is 1.73. The van der Waals surface area contributed by atoms with Gasteiger partial charge in [-0.3, -0.25) is 0 Å². The van der Waals surface area contributed by atoms with E-state index < -0.39 is 0 Å². The molecule has 0 aromatic heterocycles. The van der Waals surface area contributed by atoms with Gasteiger partial charge in [0.1, 0.15) is 11.3 Å². The lowest BCUT2D eigenvalue weighted by Gasteiger charge is -2.54. The molecule has 2 bridgehead atoms. The first-order valence-electron chi connectivity index (χ1n) is 6.77. The molecular formula is C15H25+. The quantitative estimate of drug-likeness (QED) is 0.507. The molecule has 3 fully saturated rings. The summed E-state index contributed by atoms with van der Waals surface area (Å²) in [5, 5.41) is 0. The highest BCUT2D eigenvalue weighted by atomic mass is 14.7. The van der Waals surface area contributed by atoms with Gasteiger partial charge in [0, 0.05) is 11.8 Å². The topological polar surface area (TPSA) is 0 Å². The Morgan fingerprint density at radius 2 is 1.80 bits per heavy atom. The second-order valence-electron chi connectivity index (χ2n) is 7.27. The van der Waals surface area contributed by atoms with Gasteiger partial charge in [0.25, 0.3) is 0 Å². The van der Waals surface area contributed by atoms with Gasteiger partial charge in [-0.05, 0) is 44.4 Å². The van der Waals surface area contributed by atoms with E-state index in [4.69, 9.17) is 0 Å². The Balaban J connectivity index is 2.11. The monoisotopic (exact) mass is 205 g/mol. The second-order valence-corrected chi connectivity index (χ2v) is 7.27. The zero-order valence-corrected chi connectivity index (χ0v) is 10.8. The molecule has 0 nitrogen and oxygen atoms in total. The van der Waals surface area contributed by atoms with E-state index in [1.54, 1.807) is 0 Å². The van der Waals surface area contributed by atoms with E-state index in [-0.39, 0.29) is 0 Å². The summed E-state index contributed by atoms with van der Waals surface area (Å²) in [4.78, 5) is 0. The molecular weight excluding hydrogens is 180 g/mol. The highest BCUT2D eigenvalue weighted by Crippen LogP contribution is 2.77. The van der Waals surface area contributed by atoms with E-state index in [0.717, 1.165) is 5.92 Å². The van der Waals surface area contributed by atoms with Crippen molar-refractivity contribution in [2.75, 3.05) is 0 Å². The largest absolute Gasteiger partial charge is 0.114 e. The minimum absolute atomic E-state index is 0.590. The van der Waals surface area contributed by atoms with Crippen molar-refractivity contribution in [3.63, 3.8) is 0 Å². The van der Waals surface area contributed by atoms with Gasteiger partial charge < -0.3 is 0 Å². The molecule has 3 rings (SSSR count). The average molecular weight is 205 g/mol. The summed E-state index contributed by atoms with van der Waals surface area (Å²) in [7, 11) is 0. The molecule has 15 heavy (non-hydrogen) atoms. The fourth-order valence-electron chi connectivity index (χ4n) is 5.67. The number of hydrogen-bond acceptors (Lipinski definition) is 0. The predicted molar refractivity (Wildman–Crippen MR) is 64.4 cm³/mol. The summed E-state index contributed by atoms with van der Waals surface area (Å²) in [6, 6.07) is 0.